The molecule has 0 aliphatic heterocycles. The van der Waals surface area contributed by atoms with E-state index in [0.717, 1.165) is 56.2 Å². The number of nitrogens with one attached hydrogen (secondary N) is 4. The second-order valence-electron chi connectivity index (χ2n) is 6.38. The minimum absolute atomic E-state index is 0.879. The van der Waals surface area contributed by atoms with E-state index in [4.69, 9.17) is 0 Å². The number of fused-ring (bicyclic) bond motifs is 2. The zero-order chi connectivity index (χ0) is 17.0. The number of aryl methyl sites for hydroxylation is 2. The Balaban J connectivity index is 1.61. The fourth-order valence-electron chi connectivity index (χ4n) is 3.23. The molecule has 25 heavy (non-hydrogen) atoms. The summed E-state index contributed by atoms with van der Waals surface area (Å²) >= 11 is 0. The van der Waals surface area contributed by atoms with Crippen molar-refractivity contribution in [1.29, 1.82) is 0 Å². The molecule has 3 heterocycles. The molecule has 0 aliphatic rings. The van der Waals surface area contributed by atoms with E-state index in [2.05, 4.69) is 66.5 Å². The van der Waals surface area contributed by atoms with Gasteiger partial charge in [-0.15, -0.1) is 0 Å². The van der Waals surface area contributed by atoms with Crippen LogP contribution in [0.25, 0.3) is 44.7 Å². The van der Waals surface area contributed by atoms with E-state index in [-0.39, 0.29) is 0 Å². The smallest absolute Gasteiger partial charge is 0.306 e. The molecule has 0 aliphatic carbocycles. The van der Waals surface area contributed by atoms with Crippen molar-refractivity contribution in [3.8, 4) is 22.6 Å². The Labute approximate surface area is 143 Å². The minimum Gasteiger partial charge on any atom is -0.342 e. The van der Waals surface area contributed by atoms with Crippen molar-refractivity contribution in [3.63, 3.8) is 0 Å². The number of hydrogen-bond acceptors (Lipinski definition) is 2. The molecular formula is C19H17N6+. The Kier molecular flexibility index (Phi) is 2.82. The first kappa shape index (κ1) is 14.0. The fraction of sp³-hybridized carbons (Fsp3) is 0.105. The summed E-state index contributed by atoms with van der Waals surface area (Å²) in [5.74, 6) is 1.83. The van der Waals surface area contributed by atoms with E-state index in [0.29, 0.717) is 0 Å². The van der Waals surface area contributed by atoms with Gasteiger partial charge in [-0.25, -0.2) is 15.0 Å². The molecule has 5 rings (SSSR count). The molecule has 4 N–H and O–H groups in total. The zero-order valence-electron chi connectivity index (χ0n) is 13.9. The number of H-pyrrole nitrogens is 4. The summed E-state index contributed by atoms with van der Waals surface area (Å²) in [5.41, 5.74) is 8.38. The molecule has 0 radical (unpaired) electrons. The lowest BCUT2D eigenvalue weighted by molar-refractivity contribution is -0.330. The molecule has 0 spiro atoms. The number of hydrogen-bond donors (Lipinski definition) is 3. The molecule has 0 amide bonds. The maximum Gasteiger partial charge on any atom is 0.306 e. The maximum atomic E-state index is 4.46. The second-order valence-corrected chi connectivity index (χ2v) is 6.38. The first-order valence-corrected chi connectivity index (χ1v) is 8.20. The minimum atomic E-state index is 0.879. The average Bonchev–Trinajstić information content (AvgIpc) is 3.29. The van der Waals surface area contributed by atoms with Crippen LogP contribution in [0, 0.1) is 13.8 Å². The van der Waals surface area contributed by atoms with Crippen LogP contribution in [0.5, 0.6) is 0 Å². The van der Waals surface area contributed by atoms with Crippen LogP contribution < -0.4 is 4.98 Å². The molecule has 3 aromatic heterocycles. The van der Waals surface area contributed by atoms with Gasteiger partial charge in [-0.2, -0.15) is 5.10 Å². The highest BCUT2D eigenvalue weighted by atomic mass is 15.1. The van der Waals surface area contributed by atoms with Crippen LogP contribution in [0.2, 0.25) is 0 Å². The Bertz CT molecular complexity index is 1220. The SMILES string of the molecule is Cc1cc(-c2[nH]c3cc(-c4ccc5nc(C)[nH]c5c4)ccc3[nH+]2)n[nH]1. The third kappa shape index (κ3) is 2.30. The van der Waals surface area contributed by atoms with E-state index in [1.165, 1.54) is 0 Å². The Morgan fingerprint density at radius 1 is 0.880 bits per heavy atom. The number of rotatable bonds is 2. The van der Waals surface area contributed by atoms with Gasteiger partial charge in [0.25, 0.3) is 0 Å². The fourth-order valence-corrected chi connectivity index (χ4v) is 3.23. The quantitative estimate of drug-likeness (QED) is 0.462. The first-order chi connectivity index (χ1) is 12.2. The summed E-state index contributed by atoms with van der Waals surface area (Å²) in [6.07, 6.45) is 0. The van der Waals surface area contributed by atoms with Gasteiger partial charge in [-0.05, 0) is 61.4 Å². The van der Waals surface area contributed by atoms with E-state index in [1.54, 1.807) is 0 Å². The van der Waals surface area contributed by atoms with Gasteiger partial charge in [-0.1, -0.05) is 6.07 Å². The lowest BCUT2D eigenvalue weighted by atomic mass is 10.0. The van der Waals surface area contributed by atoms with E-state index >= 15 is 0 Å². The van der Waals surface area contributed by atoms with Crippen LogP contribution in [0.3, 0.4) is 0 Å². The second kappa shape index (κ2) is 5.04. The molecule has 6 nitrogen and oxygen atoms in total. The van der Waals surface area contributed by atoms with Crippen LogP contribution >= 0.6 is 0 Å². The van der Waals surface area contributed by atoms with Crippen LogP contribution in [0.4, 0.5) is 0 Å². The van der Waals surface area contributed by atoms with E-state index < -0.39 is 0 Å². The van der Waals surface area contributed by atoms with Gasteiger partial charge < -0.3 is 4.98 Å². The van der Waals surface area contributed by atoms with Gasteiger partial charge in [0.15, 0.2) is 16.7 Å². The molecule has 0 atom stereocenters. The topological polar surface area (TPSA) is 87.3 Å². The molecule has 0 unspecified atom stereocenters. The van der Waals surface area contributed by atoms with Gasteiger partial charge >= 0.3 is 5.82 Å². The predicted molar refractivity (Wildman–Crippen MR) is 97.0 cm³/mol. The molecule has 6 heteroatoms. The molecule has 0 saturated heterocycles. The number of imidazole rings is 2. The number of nitrogens with zero attached hydrogens (tertiary/aromatic N) is 2. The lowest BCUT2D eigenvalue weighted by Crippen LogP contribution is -2.02. The Hall–Kier alpha value is -3.41. The van der Waals surface area contributed by atoms with E-state index in [1.807, 2.05) is 19.9 Å². The standard InChI is InChI=1S/C19H16N6/c1-10-7-18(25-24-10)19-22-15-6-4-13(9-17(15)23-19)12-3-5-14-16(8-12)21-11(2)20-14/h3-9H,1-2H3,(H,20,21)(H,22,23)(H,24,25)/p+1. The summed E-state index contributed by atoms with van der Waals surface area (Å²) in [6, 6.07) is 14.7. The highest BCUT2D eigenvalue weighted by Gasteiger charge is 2.15. The van der Waals surface area contributed by atoms with Crippen molar-refractivity contribution >= 4 is 22.1 Å². The van der Waals surface area contributed by atoms with Crippen LogP contribution in [-0.2, 0) is 0 Å². The molecule has 2 aromatic carbocycles. The molecule has 0 saturated carbocycles. The summed E-state index contributed by atoms with van der Waals surface area (Å²) in [6.45, 7) is 3.96. The summed E-state index contributed by atoms with van der Waals surface area (Å²) < 4.78 is 0. The van der Waals surface area contributed by atoms with Gasteiger partial charge in [0.1, 0.15) is 5.82 Å². The molecular weight excluding hydrogens is 312 g/mol. The van der Waals surface area contributed by atoms with Gasteiger partial charge in [0, 0.05) is 5.69 Å². The normalized spacial score (nSPS) is 11.6. The van der Waals surface area contributed by atoms with Crippen molar-refractivity contribution < 1.29 is 4.98 Å². The number of aromatic nitrogens is 6. The van der Waals surface area contributed by atoms with Crippen molar-refractivity contribution in [2.45, 2.75) is 13.8 Å². The summed E-state index contributed by atoms with van der Waals surface area (Å²) in [4.78, 5) is 14.6. The molecule has 122 valence electrons. The predicted octanol–water partition coefficient (Wildman–Crippen LogP) is 3.53. The Morgan fingerprint density at radius 2 is 1.68 bits per heavy atom. The van der Waals surface area contributed by atoms with Crippen molar-refractivity contribution in [1.82, 2.24) is 25.1 Å². The van der Waals surface area contributed by atoms with Crippen LogP contribution in [-0.4, -0.2) is 25.1 Å². The number of aromatic amines is 4. The number of benzene rings is 2. The molecule has 0 fully saturated rings. The first-order valence-electron chi connectivity index (χ1n) is 8.20. The van der Waals surface area contributed by atoms with Crippen LogP contribution in [0.15, 0.2) is 42.5 Å². The van der Waals surface area contributed by atoms with Gasteiger partial charge in [0.05, 0.1) is 11.0 Å². The van der Waals surface area contributed by atoms with Crippen molar-refractivity contribution in [2.75, 3.05) is 0 Å². The zero-order valence-corrected chi connectivity index (χ0v) is 13.9. The van der Waals surface area contributed by atoms with E-state index in [9.17, 15) is 0 Å². The maximum absolute atomic E-state index is 4.46. The van der Waals surface area contributed by atoms with Crippen molar-refractivity contribution in [3.05, 3.63) is 54.0 Å². The van der Waals surface area contributed by atoms with Gasteiger partial charge in [-0.3, -0.25) is 5.10 Å². The monoisotopic (exact) mass is 329 g/mol. The third-order valence-corrected chi connectivity index (χ3v) is 4.43. The Morgan fingerprint density at radius 3 is 2.48 bits per heavy atom. The largest absolute Gasteiger partial charge is 0.342 e. The lowest BCUT2D eigenvalue weighted by Gasteiger charge is -2.00. The van der Waals surface area contributed by atoms with Gasteiger partial charge in [0.2, 0.25) is 0 Å². The van der Waals surface area contributed by atoms with Crippen molar-refractivity contribution in [2.24, 2.45) is 0 Å². The average molecular weight is 329 g/mol. The molecule has 5 aromatic rings. The summed E-state index contributed by atoms with van der Waals surface area (Å²) in [7, 11) is 0. The highest BCUT2D eigenvalue weighted by Crippen LogP contribution is 2.26. The molecule has 0 bridgehead atoms. The highest BCUT2D eigenvalue weighted by molar-refractivity contribution is 5.85. The third-order valence-electron chi connectivity index (χ3n) is 4.43. The summed E-state index contributed by atoms with van der Waals surface area (Å²) in [5, 5.41) is 7.27. The van der Waals surface area contributed by atoms with Crippen LogP contribution in [0.1, 0.15) is 11.5 Å².